The fourth-order valence-electron chi connectivity index (χ4n) is 3.73. The summed E-state index contributed by atoms with van der Waals surface area (Å²) in [6.07, 6.45) is 15.4. The zero-order valence-corrected chi connectivity index (χ0v) is 17.2. The summed E-state index contributed by atoms with van der Waals surface area (Å²) in [6, 6.07) is 6.10. The summed E-state index contributed by atoms with van der Waals surface area (Å²) in [5.74, 6) is 0.514. The molecule has 0 spiro atoms. The van der Waals surface area contributed by atoms with E-state index in [1.165, 1.54) is 75.3 Å². The summed E-state index contributed by atoms with van der Waals surface area (Å²) in [5.41, 5.74) is 3.75. The summed E-state index contributed by atoms with van der Waals surface area (Å²) < 4.78 is 0. The molecule has 1 aromatic carbocycles. The van der Waals surface area contributed by atoms with Crippen molar-refractivity contribution in [2.45, 2.75) is 105 Å². The number of rotatable bonds is 12. The molecule has 0 radical (unpaired) electrons. The highest BCUT2D eigenvalue weighted by atomic mass is 16.3. The molecule has 142 valence electrons. The molecule has 1 aliphatic carbocycles. The minimum Gasteiger partial charge on any atom is -0.508 e. The minimum atomic E-state index is 0.472. The van der Waals surface area contributed by atoms with Gasteiger partial charge < -0.3 is 5.11 Å². The third-order valence-corrected chi connectivity index (χ3v) is 6.57. The predicted octanol–water partition coefficient (Wildman–Crippen LogP) is 7.44. The Bertz CT molecular complexity index is 525. The van der Waals surface area contributed by atoms with E-state index in [0.717, 1.165) is 12.8 Å². The molecule has 0 atom stereocenters. The average molecular weight is 345 g/mol. The van der Waals surface area contributed by atoms with Crippen LogP contribution in [0.1, 0.15) is 103 Å². The molecule has 2 rings (SSSR count). The van der Waals surface area contributed by atoms with Gasteiger partial charge in [0.25, 0.3) is 0 Å². The number of aryl methyl sites for hydroxylation is 1. The number of benzene rings is 1. The second kappa shape index (κ2) is 9.10. The van der Waals surface area contributed by atoms with Crippen LogP contribution in [0.4, 0.5) is 0 Å². The van der Waals surface area contributed by atoms with Gasteiger partial charge in [0.15, 0.2) is 0 Å². The zero-order chi connectivity index (χ0) is 18.3. The van der Waals surface area contributed by atoms with Gasteiger partial charge in [-0.25, -0.2) is 0 Å². The Balaban J connectivity index is 1.75. The number of unbranched alkanes of at least 4 members (excludes halogenated alkanes) is 3. The lowest BCUT2D eigenvalue weighted by atomic mass is 9.84. The molecule has 0 aromatic heterocycles. The maximum absolute atomic E-state index is 10.3. The van der Waals surface area contributed by atoms with Crippen molar-refractivity contribution in [1.82, 2.24) is 0 Å². The van der Waals surface area contributed by atoms with E-state index in [0.29, 0.717) is 16.6 Å². The summed E-state index contributed by atoms with van der Waals surface area (Å²) in [6.45, 7) is 9.45. The van der Waals surface area contributed by atoms with E-state index < -0.39 is 0 Å². The van der Waals surface area contributed by atoms with Crippen LogP contribution in [0.5, 0.6) is 5.75 Å². The SMILES string of the molecule is CCC(C)(C)CCCCc1cccc(O)c1CCCCCC1(C)CC1. The maximum Gasteiger partial charge on any atom is 0.119 e. The first-order chi connectivity index (χ1) is 11.9. The highest BCUT2D eigenvalue weighted by molar-refractivity contribution is 5.39. The molecule has 1 aromatic rings. The van der Waals surface area contributed by atoms with Crippen LogP contribution in [0.3, 0.4) is 0 Å². The summed E-state index contributed by atoms with van der Waals surface area (Å²) >= 11 is 0. The van der Waals surface area contributed by atoms with Crippen LogP contribution in [-0.4, -0.2) is 5.11 Å². The molecule has 0 bridgehead atoms. The molecule has 1 saturated carbocycles. The summed E-state index contributed by atoms with van der Waals surface area (Å²) in [5, 5.41) is 10.3. The van der Waals surface area contributed by atoms with Crippen LogP contribution in [0.2, 0.25) is 0 Å². The normalized spacial score (nSPS) is 16.2. The Morgan fingerprint density at radius 3 is 2.40 bits per heavy atom. The van der Waals surface area contributed by atoms with Gasteiger partial charge in [0.1, 0.15) is 5.75 Å². The van der Waals surface area contributed by atoms with Crippen molar-refractivity contribution >= 4 is 0 Å². The number of aromatic hydroxyl groups is 1. The average Bonchev–Trinajstić information content (AvgIpc) is 3.31. The lowest BCUT2D eigenvalue weighted by Gasteiger charge is -2.22. The lowest BCUT2D eigenvalue weighted by Crippen LogP contribution is -2.09. The van der Waals surface area contributed by atoms with Crippen molar-refractivity contribution in [2.24, 2.45) is 10.8 Å². The number of phenols is 1. The van der Waals surface area contributed by atoms with Crippen LogP contribution in [0, 0.1) is 10.8 Å². The Labute approximate surface area is 156 Å². The number of hydrogen-bond donors (Lipinski definition) is 1. The smallest absolute Gasteiger partial charge is 0.119 e. The number of phenolic OH excluding ortho intramolecular Hbond substituents is 1. The van der Waals surface area contributed by atoms with Crippen LogP contribution in [0.25, 0.3) is 0 Å². The van der Waals surface area contributed by atoms with Crippen molar-refractivity contribution in [3.63, 3.8) is 0 Å². The van der Waals surface area contributed by atoms with Gasteiger partial charge in [-0.2, -0.15) is 0 Å². The number of hydrogen-bond acceptors (Lipinski definition) is 1. The molecule has 0 saturated heterocycles. The lowest BCUT2D eigenvalue weighted by molar-refractivity contribution is 0.309. The zero-order valence-electron chi connectivity index (χ0n) is 17.2. The van der Waals surface area contributed by atoms with Gasteiger partial charge in [-0.1, -0.05) is 65.5 Å². The predicted molar refractivity (Wildman–Crippen MR) is 109 cm³/mol. The third kappa shape index (κ3) is 7.04. The van der Waals surface area contributed by atoms with Crippen LogP contribution >= 0.6 is 0 Å². The second-order valence-corrected chi connectivity index (χ2v) is 9.51. The van der Waals surface area contributed by atoms with Crippen LogP contribution in [-0.2, 0) is 12.8 Å². The van der Waals surface area contributed by atoms with Crippen molar-refractivity contribution < 1.29 is 5.11 Å². The highest BCUT2D eigenvalue weighted by Gasteiger charge is 2.35. The minimum absolute atomic E-state index is 0.472. The van der Waals surface area contributed by atoms with E-state index in [-0.39, 0.29) is 0 Å². The molecule has 25 heavy (non-hydrogen) atoms. The van der Waals surface area contributed by atoms with E-state index in [1.54, 1.807) is 0 Å². The topological polar surface area (TPSA) is 20.2 Å². The molecule has 0 aliphatic heterocycles. The van der Waals surface area contributed by atoms with Crippen molar-refractivity contribution in [2.75, 3.05) is 0 Å². The largest absolute Gasteiger partial charge is 0.508 e. The summed E-state index contributed by atoms with van der Waals surface area (Å²) in [7, 11) is 0. The first-order valence-corrected chi connectivity index (χ1v) is 10.6. The van der Waals surface area contributed by atoms with E-state index in [1.807, 2.05) is 12.1 Å². The fourth-order valence-corrected chi connectivity index (χ4v) is 3.73. The van der Waals surface area contributed by atoms with Crippen molar-refractivity contribution in [1.29, 1.82) is 0 Å². The van der Waals surface area contributed by atoms with Crippen LogP contribution < -0.4 is 0 Å². The Morgan fingerprint density at radius 1 is 1.00 bits per heavy atom. The Morgan fingerprint density at radius 2 is 1.72 bits per heavy atom. The first-order valence-electron chi connectivity index (χ1n) is 10.6. The molecule has 1 aliphatic rings. The highest BCUT2D eigenvalue weighted by Crippen LogP contribution is 2.49. The maximum atomic E-state index is 10.3. The Kier molecular flexibility index (Phi) is 7.40. The van der Waals surface area contributed by atoms with Gasteiger partial charge >= 0.3 is 0 Å². The first kappa shape index (κ1) is 20.3. The third-order valence-electron chi connectivity index (χ3n) is 6.57. The van der Waals surface area contributed by atoms with Gasteiger partial charge in [0.2, 0.25) is 0 Å². The fraction of sp³-hybridized carbons (Fsp3) is 0.750. The van der Waals surface area contributed by atoms with Gasteiger partial charge in [0.05, 0.1) is 0 Å². The quantitative estimate of drug-likeness (QED) is 0.390. The molecular weight excluding hydrogens is 304 g/mol. The molecule has 1 N–H and O–H groups in total. The van der Waals surface area contributed by atoms with Gasteiger partial charge in [-0.15, -0.1) is 0 Å². The van der Waals surface area contributed by atoms with Gasteiger partial charge in [-0.05, 0) is 79.4 Å². The molecule has 1 heteroatoms. The van der Waals surface area contributed by atoms with E-state index >= 15 is 0 Å². The Hall–Kier alpha value is -0.980. The van der Waals surface area contributed by atoms with Crippen LogP contribution in [0.15, 0.2) is 18.2 Å². The molecular formula is C24H40O. The van der Waals surface area contributed by atoms with Crippen molar-refractivity contribution in [3.05, 3.63) is 29.3 Å². The van der Waals surface area contributed by atoms with E-state index in [4.69, 9.17) is 0 Å². The summed E-state index contributed by atoms with van der Waals surface area (Å²) in [4.78, 5) is 0. The molecule has 1 fully saturated rings. The van der Waals surface area contributed by atoms with Gasteiger partial charge in [0, 0.05) is 0 Å². The standard InChI is InChI=1S/C24H40O/c1-5-23(2,3)16-10-8-12-20-13-11-15-22(25)21(20)14-7-6-9-17-24(4)18-19-24/h11,13,15,25H,5-10,12,14,16-19H2,1-4H3. The van der Waals surface area contributed by atoms with E-state index in [2.05, 4.69) is 33.8 Å². The van der Waals surface area contributed by atoms with E-state index in [9.17, 15) is 5.11 Å². The monoisotopic (exact) mass is 344 g/mol. The second-order valence-electron chi connectivity index (χ2n) is 9.51. The molecule has 0 heterocycles. The van der Waals surface area contributed by atoms with Crippen molar-refractivity contribution in [3.8, 4) is 5.75 Å². The molecule has 1 nitrogen and oxygen atoms in total. The molecule has 0 amide bonds. The van der Waals surface area contributed by atoms with Gasteiger partial charge in [-0.3, -0.25) is 0 Å². The molecule has 0 unspecified atom stereocenters.